The van der Waals surface area contributed by atoms with Crippen LogP contribution in [0.25, 0.3) is 22.3 Å². The average molecular weight is 438 g/mol. The van der Waals surface area contributed by atoms with Crippen LogP contribution in [0.4, 0.5) is 17.1 Å². The molecule has 1 aliphatic carbocycles. The van der Waals surface area contributed by atoms with Gasteiger partial charge in [-0.15, -0.1) is 0 Å². The van der Waals surface area contributed by atoms with Gasteiger partial charge in [-0.3, -0.25) is 0 Å². The summed E-state index contributed by atoms with van der Waals surface area (Å²) in [4.78, 5) is 2.39. The second-order valence-electron chi connectivity index (χ2n) is 9.45. The van der Waals surface area contributed by atoms with Crippen molar-refractivity contribution in [3.8, 4) is 22.3 Å². The number of benzene rings is 5. The maximum absolute atomic E-state index is 2.39. The Balaban J connectivity index is 1.55. The topological polar surface area (TPSA) is 3.24 Å². The fourth-order valence-corrected chi connectivity index (χ4v) is 5.36. The van der Waals surface area contributed by atoms with E-state index in [1.807, 2.05) is 0 Å². The van der Waals surface area contributed by atoms with E-state index in [1.165, 1.54) is 39.1 Å². The molecule has 0 aliphatic heterocycles. The normalized spacial score (nSPS) is 13.2. The molecular formula is C33H27N. The SMILES string of the molecule is CC1(C)c2ccccc2-c2c(N(c3ccccc3)c3ccc(-c4ccccc4)cc3)cccc21. The van der Waals surface area contributed by atoms with Gasteiger partial charge >= 0.3 is 0 Å². The van der Waals surface area contributed by atoms with Crippen molar-refractivity contribution in [2.75, 3.05) is 4.90 Å². The Morgan fingerprint density at radius 2 is 1.03 bits per heavy atom. The molecule has 6 rings (SSSR count). The molecule has 0 saturated heterocycles. The Morgan fingerprint density at radius 1 is 0.471 bits per heavy atom. The van der Waals surface area contributed by atoms with Crippen LogP contribution in [0.15, 0.2) is 127 Å². The zero-order valence-corrected chi connectivity index (χ0v) is 19.6. The zero-order valence-electron chi connectivity index (χ0n) is 19.6. The molecule has 0 saturated carbocycles. The van der Waals surface area contributed by atoms with E-state index in [1.54, 1.807) is 0 Å². The van der Waals surface area contributed by atoms with Gasteiger partial charge in [0.2, 0.25) is 0 Å². The summed E-state index contributed by atoms with van der Waals surface area (Å²) in [5.74, 6) is 0. The van der Waals surface area contributed by atoms with Crippen LogP contribution in [0.5, 0.6) is 0 Å². The molecule has 0 heterocycles. The molecule has 34 heavy (non-hydrogen) atoms. The Kier molecular flexibility index (Phi) is 4.85. The van der Waals surface area contributed by atoms with Crippen molar-refractivity contribution in [2.24, 2.45) is 0 Å². The summed E-state index contributed by atoms with van der Waals surface area (Å²) in [7, 11) is 0. The van der Waals surface area contributed by atoms with Crippen molar-refractivity contribution in [2.45, 2.75) is 19.3 Å². The van der Waals surface area contributed by atoms with E-state index in [4.69, 9.17) is 0 Å². The molecule has 1 aliphatic rings. The summed E-state index contributed by atoms with van der Waals surface area (Å²) in [6.45, 7) is 4.67. The monoisotopic (exact) mass is 437 g/mol. The first-order valence-corrected chi connectivity index (χ1v) is 11.9. The minimum absolute atomic E-state index is 0.0263. The summed E-state index contributed by atoms with van der Waals surface area (Å²) in [5, 5.41) is 0. The van der Waals surface area contributed by atoms with E-state index in [0.717, 1.165) is 11.4 Å². The van der Waals surface area contributed by atoms with Crippen LogP contribution in [0.3, 0.4) is 0 Å². The molecule has 5 aromatic carbocycles. The van der Waals surface area contributed by atoms with Gasteiger partial charge in [-0.05, 0) is 58.1 Å². The molecular weight excluding hydrogens is 410 g/mol. The van der Waals surface area contributed by atoms with E-state index < -0.39 is 0 Å². The lowest BCUT2D eigenvalue weighted by Crippen LogP contribution is -2.16. The minimum Gasteiger partial charge on any atom is -0.310 e. The van der Waals surface area contributed by atoms with Crippen LogP contribution >= 0.6 is 0 Å². The number of fused-ring (bicyclic) bond motifs is 3. The lowest BCUT2D eigenvalue weighted by molar-refractivity contribution is 0.660. The van der Waals surface area contributed by atoms with Crippen LogP contribution in [0.2, 0.25) is 0 Å². The molecule has 164 valence electrons. The van der Waals surface area contributed by atoms with Crippen molar-refractivity contribution < 1.29 is 0 Å². The standard InChI is InChI=1S/C33H27N/c1-33(2)29-17-10-9-16-28(29)32-30(33)18-11-19-31(32)34(26-14-7-4-8-15-26)27-22-20-25(21-23-27)24-12-5-3-6-13-24/h3-23H,1-2H3. The fourth-order valence-electron chi connectivity index (χ4n) is 5.36. The predicted octanol–water partition coefficient (Wildman–Crippen LogP) is 9.13. The Morgan fingerprint density at radius 3 is 1.76 bits per heavy atom. The van der Waals surface area contributed by atoms with Gasteiger partial charge < -0.3 is 4.90 Å². The van der Waals surface area contributed by atoms with Gasteiger partial charge in [0.1, 0.15) is 0 Å². The van der Waals surface area contributed by atoms with Crippen LogP contribution in [-0.4, -0.2) is 0 Å². The van der Waals surface area contributed by atoms with Crippen LogP contribution in [-0.2, 0) is 5.41 Å². The van der Waals surface area contributed by atoms with Crippen molar-refractivity contribution in [3.05, 3.63) is 139 Å². The van der Waals surface area contributed by atoms with Crippen molar-refractivity contribution in [1.82, 2.24) is 0 Å². The first kappa shape index (κ1) is 20.5. The third kappa shape index (κ3) is 3.24. The average Bonchev–Trinajstić information content (AvgIpc) is 3.13. The molecule has 0 unspecified atom stereocenters. The molecule has 0 aromatic heterocycles. The molecule has 0 spiro atoms. The van der Waals surface area contributed by atoms with Gasteiger partial charge in [0, 0.05) is 22.4 Å². The number of anilines is 3. The van der Waals surface area contributed by atoms with Crippen molar-refractivity contribution >= 4 is 17.1 Å². The largest absolute Gasteiger partial charge is 0.310 e. The van der Waals surface area contributed by atoms with Gasteiger partial charge in [0.25, 0.3) is 0 Å². The third-order valence-electron chi connectivity index (χ3n) is 7.07. The molecule has 0 amide bonds. The van der Waals surface area contributed by atoms with E-state index in [2.05, 4.69) is 146 Å². The Labute approximate surface area is 202 Å². The first-order chi connectivity index (χ1) is 16.6. The van der Waals surface area contributed by atoms with Gasteiger partial charge in [-0.1, -0.05) is 111 Å². The molecule has 1 nitrogen and oxygen atoms in total. The van der Waals surface area contributed by atoms with Gasteiger partial charge in [-0.2, -0.15) is 0 Å². The summed E-state index contributed by atoms with van der Waals surface area (Å²) in [6, 6.07) is 45.8. The maximum atomic E-state index is 2.39. The summed E-state index contributed by atoms with van der Waals surface area (Å²) in [6.07, 6.45) is 0. The molecule has 0 N–H and O–H groups in total. The van der Waals surface area contributed by atoms with Gasteiger partial charge in [0.05, 0.1) is 5.69 Å². The van der Waals surface area contributed by atoms with Gasteiger partial charge in [-0.25, -0.2) is 0 Å². The van der Waals surface area contributed by atoms with Crippen LogP contribution in [0, 0.1) is 0 Å². The van der Waals surface area contributed by atoms with Crippen molar-refractivity contribution in [3.63, 3.8) is 0 Å². The predicted molar refractivity (Wildman–Crippen MR) is 144 cm³/mol. The fraction of sp³-hybridized carbons (Fsp3) is 0.0909. The van der Waals surface area contributed by atoms with E-state index in [0.29, 0.717) is 0 Å². The second kappa shape index (κ2) is 8.04. The Bertz CT molecular complexity index is 1450. The highest BCUT2D eigenvalue weighted by atomic mass is 15.1. The van der Waals surface area contributed by atoms with E-state index in [9.17, 15) is 0 Å². The molecule has 5 aromatic rings. The smallest absolute Gasteiger partial charge is 0.0543 e. The molecule has 1 heteroatoms. The highest BCUT2D eigenvalue weighted by Gasteiger charge is 2.37. The number of hydrogen-bond acceptors (Lipinski definition) is 1. The maximum Gasteiger partial charge on any atom is 0.0543 e. The summed E-state index contributed by atoms with van der Waals surface area (Å²) >= 11 is 0. The molecule has 0 radical (unpaired) electrons. The first-order valence-electron chi connectivity index (χ1n) is 11.9. The quantitative estimate of drug-likeness (QED) is 0.271. The van der Waals surface area contributed by atoms with Crippen LogP contribution < -0.4 is 4.90 Å². The van der Waals surface area contributed by atoms with E-state index >= 15 is 0 Å². The van der Waals surface area contributed by atoms with Crippen molar-refractivity contribution in [1.29, 1.82) is 0 Å². The van der Waals surface area contributed by atoms with Gasteiger partial charge in [0.15, 0.2) is 0 Å². The lowest BCUT2D eigenvalue weighted by Gasteiger charge is -2.29. The zero-order chi connectivity index (χ0) is 23.1. The number of nitrogens with zero attached hydrogens (tertiary/aromatic N) is 1. The van der Waals surface area contributed by atoms with Crippen LogP contribution in [0.1, 0.15) is 25.0 Å². The number of rotatable bonds is 4. The third-order valence-corrected chi connectivity index (χ3v) is 7.07. The number of para-hydroxylation sites is 1. The summed E-state index contributed by atoms with van der Waals surface area (Å²) < 4.78 is 0. The molecule has 0 fully saturated rings. The highest BCUT2D eigenvalue weighted by molar-refractivity contribution is 5.95. The molecule has 0 bridgehead atoms. The van der Waals surface area contributed by atoms with E-state index in [-0.39, 0.29) is 5.41 Å². The summed E-state index contributed by atoms with van der Waals surface area (Å²) in [5.41, 5.74) is 11.4. The highest BCUT2D eigenvalue weighted by Crippen LogP contribution is 2.53. The Hall–Kier alpha value is -4.10. The minimum atomic E-state index is -0.0263. The number of hydrogen-bond donors (Lipinski definition) is 0. The second-order valence-corrected chi connectivity index (χ2v) is 9.45. The molecule has 0 atom stereocenters. The lowest BCUT2D eigenvalue weighted by atomic mass is 9.82.